The van der Waals surface area contributed by atoms with Gasteiger partial charge in [0, 0.05) is 23.4 Å². The highest BCUT2D eigenvalue weighted by Crippen LogP contribution is 2.36. The van der Waals surface area contributed by atoms with Crippen LogP contribution in [0.2, 0.25) is 0 Å². The van der Waals surface area contributed by atoms with Gasteiger partial charge >= 0.3 is 24.7 Å². The molecule has 0 unspecified atom stereocenters. The first kappa shape index (κ1) is 42.9. The summed E-state index contributed by atoms with van der Waals surface area (Å²) in [6.45, 7) is -4.76. The molecule has 0 aliphatic heterocycles. The number of hydrogen-bond donors (Lipinski definition) is 1. The Balaban J connectivity index is 2.10. The number of halogens is 8. The molecule has 0 aliphatic rings. The van der Waals surface area contributed by atoms with Gasteiger partial charge in [0.1, 0.15) is 18.6 Å². The topological polar surface area (TPSA) is 176 Å². The molecule has 3 aromatic rings. The van der Waals surface area contributed by atoms with Gasteiger partial charge in [0.05, 0.1) is 16.4 Å². The predicted octanol–water partition coefficient (Wildman–Crippen LogP) is 6.34. The number of anilines is 1. The zero-order valence-electron chi connectivity index (χ0n) is 26.8. The van der Waals surface area contributed by atoms with Gasteiger partial charge in [0.2, 0.25) is 5.91 Å². The number of ketones is 1. The van der Waals surface area contributed by atoms with Crippen molar-refractivity contribution in [3.05, 3.63) is 94.5 Å². The van der Waals surface area contributed by atoms with E-state index in [9.17, 15) is 71.7 Å². The van der Waals surface area contributed by atoms with Crippen LogP contribution in [0.1, 0.15) is 23.2 Å². The Labute approximate surface area is 296 Å². The van der Waals surface area contributed by atoms with Gasteiger partial charge in [-0.3, -0.25) is 28.1 Å². The molecule has 290 valence electrons. The minimum absolute atomic E-state index is 0.0954. The summed E-state index contributed by atoms with van der Waals surface area (Å²) in [5, 5.41) is 13.5. The van der Waals surface area contributed by atoms with Crippen LogP contribution in [0, 0.1) is 15.5 Å². The van der Waals surface area contributed by atoms with Crippen LogP contribution >= 0.6 is 0 Å². The first-order valence-electron chi connectivity index (χ1n) is 14.8. The largest absolute Gasteiger partial charge is 0.331 e. The van der Waals surface area contributed by atoms with Gasteiger partial charge in [-0.05, 0) is 48.2 Å². The third-order valence-electron chi connectivity index (χ3n) is 7.52. The van der Waals surface area contributed by atoms with E-state index in [2.05, 4.69) is 13.7 Å². The number of nitro groups is 1. The molecule has 0 spiro atoms. The molecule has 22 heteroatoms. The molecule has 53 heavy (non-hydrogen) atoms. The van der Waals surface area contributed by atoms with Crippen molar-refractivity contribution in [2.24, 2.45) is 5.41 Å². The normalized spacial score (nSPS) is 12.9. The second-order valence-electron chi connectivity index (χ2n) is 11.3. The third-order valence-corrected chi connectivity index (χ3v) is 9.88. The van der Waals surface area contributed by atoms with Crippen molar-refractivity contribution in [3.63, 3.8) is 0 Å². The fourth-order valence-electron chi connectivity index (χ4n) is 4.50. The minimum Gasteiger partial charge on any atom is -0.325 e. The van der Waals surface area contributed by atoms with Gasteiger partial charge in [-0.25, -0.2) is 17.6 Å². The lowest BCUT2D eigenvalue weighted by atomic mass is 9.74. The molecular weight excluding hydrogens is 776 g/mol. The van der Waals surface area contributed by atoms with Crippen LogP contribution < -0.4 is 5.32 Å². The highest BCUT2D eigenvalue weighted by molar-refractivity contribution is 7.87. The summed E-state index contributed by atoms with van der Waals surface area (Å²) >= 11 is 0. The van der Waals surface area contributed by atoms with E-state index in [1.165, 1.54) is 24.3 Å². The lowest BCUT2D eigenvalue weighted by molar-refractivity contribution is -0.384. The van der Waals surface area contributed by atoms with E-state index in [-0.39, 0.29) is 5.69 Å². The van der Waals surface area contributed by atoms with Crippen molar-refractivity contribution in [3.8, 4) is 11.1 Å². The Bertz CT molecular complexity index is 1910. The monoisotopic (exact) mass is 804 g/mol. The summed E-state index contributed by atoms with van der Waals surface area (Å²) < 4.78 is 163. The van der Waals surface area contributed by atoms with Crippen molar-refractivity contribution in [1.29, 1.82) is 0 Å². The van der Waals surface area contributed by atoms with Crippen molar-refractivity contribution >= 4 is 43.3 Å². The van der Waals surface area contributed by atoms with Gasteiger partial charge in [-0.1, -0.05) is 42.5 Å². The van der Waals surface area contributed by atoms with Crippen LogP contribution in [0.25, 0.3) is 11.1 Å². The number of non-ortho nitro benzene ring substituents is 1. The number of hydrogen-bond acceptors (Lipinski definition) is 10. The van der Waals surface area contributed by atoms with Gasteiger partial charge in [-0.15, -0.1) is 0 Å². The SMILES string of the molecule is O=C(Nc1ccc(-c2ccccc2)cc1)C(CCS(=O)(=O)OCC(F)(F)C(F)F)(CCS(=O)(=O)OCC(F)(F)C(F)F)C(=O)c1ccc([N+](=O)[O-])cc1. The molecule has 1 N–H and O–H groups in total. The first-order chi connectivity index (χ1) is 24.5. The van der Waals surface area contributed by atoms with Crippen molar-refractivity contribution < 1.29 is 74.8 Å². The molecule has 12 nitrogen and oxygen atoms in total. The fourth-order valence-corrected chi connectivity index (χ4v) is 6.61. The molecule has 1 amide bonds. The summed E-state index contributed by atoms with van der Waals surface area (Å²) in [6, 6.07) is 17.4. The number of carbonyl (C=O) groups excluding carboxylic acids is 2. The maximum atomic E-state index is 14.1. The maximum absolute atomic E-state index is 14.1. The number of nitro benzene ring substituents is 1. The fraction of sp³-hybridized carbons (Fsp3) is 0.355. The lowest BCUT2D eigenvalue weighted by Gasteiger charge is -2.31. The van der Waals surface area contributed by atoms with E-state index in [1.807, 2.05) is 0 Å². The Morgan fingerprint density at radius 1 is 0.698 bits per heavy atom. The predicted molar refractivity (Wildman–Crippen MR) is 171 cm³/mol. The van der Waals surface area contributed by atoms with Crippen molar-refractivity contribution in [2.45, 2.75) is 37.5 Å². The van der Waals surface area contributed by atoms with Crippen LogP contribution in [0.4, 0.5) is 46.5 Å². The molecule has 0 bridgehead atoms. The second kappa shape index (κ2) is 17.1. The number of Topliss-reactive ketones (excluding diaryl/α,β-unsaturated/α-hetero) is 1. The number of nitrogens with one attached hydrogen (secondary N) is 1. The first-order valence-corrected chi connectivity index (χ1v) is 18.0. The zero-order chi connectivity index (χ0) is 39.8. The molecule has 0 aliphatic carbocycles. The van der Waals surface area contributed by atoms with Gasteiger partial charge in [0.25, 0.3) is 25.9 Å². The van der Waals surface area contributed by atoms with E-state index in [0.717, 1.165) is 29.8 Å². The molecule has 0 radical (unpaired) electrons. The average Bonchev–Trinajstić information content (AvgIpc) is 3.10. The average molecular weight is 805 g/mol. The Morgan fingerprint density at radius 2 is 1.13 bits per heavy atom. The van der Waals surface area contributed by atoms with E-state index < -0.39 is 116 Å². The molecule has 0 heterocycles. The summed E-state index contributed by atoms with van der Waals surface area (Å²) in [6.07, 6.45) is -11.5. The number of nitrogens with zero attached hydrogens (tertiary/aromatic N) is 1. The molecule has 0 aromatic heterocycles. The Kier molecular flexibility index (Phi) is 13.8. The number of benzene rings is 3. The minimum atomic E-state index is -5.35. The number of rotatable bonds is 20. The molecule has 0 saturated carbocycles. The Morgan fingerprint density at radius 3 is 1.55 bits per heavy atom. The molecule has 0 atom stereocenters. The van der Waals surface area contributed by atoms with Crippen LogP contribution in [-0.2, 0) is 33.4 Å². The zero-order valence-corrected chi connectivity index (χ0v) is 28.4. The molecule has 0 saturated heterocycles. The smallest absolute Gasteiger partial charge is 0.325 e. The molecular formula is C31H28F8N2O10S2. The molecule has 3 aromatic carbocycles. The summed E-state index contributed by atoms with van der Waals surface area (Å²) in [5.41, 5.74) is -2.90. The van der Waals surface area contributed by atoms with Crippen molar-refractivity contribution in [2.75, 3.05) is 30.0 Å². The summed E-state index contributed by atoms with van der Waals surface area (Å²) in [4.78, 5) is 38.5. The van der Waals surface area contributed by atoms with E-state index in [1.54, 1.807) is 30.3 Å². The molecule has 3 rings (SSSR count). The summed E-state index contributed by atoms with van der Waals surface area (Å²) in [5.74, 6) is -16.1. The quantitative estimate of drug-likeness (QED) is 0.0339. The van der Waals surface area contributed by atoms with Crippen LogP contribution in [0.15, 0.2) is 78.9 Å². The Hall–Kier alpha value is -4.54. The summed E-state index contributed by atoms with van der Waals surface area (Å²) in [7, 11) is -10.7. The van der Waals surface area contributed by atoms with E-state index in [4.69, 9.17) is 0 Å². The highest BCUT2D eigenvalue weighted by Gasteiger charge is 2.49. The highest BCUT2D eigenvalue weighted by atomic mass is 32.2. The van der Waals surface area contributed by atoms with Crippen molar-refractivity contribution in [1.82, 2.24) is 0 Å². The second-order valence-corrected chi connectivity index (χ2v) is 14.8. The number of carbonyl (C=O) groups is 2. The number of alkyl halides is 8. The standard InChI is InChI=1S/C31H28F8N2O10S2/c32-26(33)30(36,37)18-50-52(46,47)16-14-29(25(42)22-8-12-24(13-9-22)41(44)45,15-17-53(48,49)51-19-31(38,39)27(34)35)28(43)40-23-10-6-21(7-11-23)20-4-2-1-3-5-20/h1-13,26-27H,14-19H2,(H,40,43). The van der Waals surface area contributed by atoms with Gasteiger partial charge in [0.15, 0.2) is 5.78 Å². The van der Waals surface area contributed by atoms with E-state index in [0.29, 0.717) is 5.56 Å². The van der Waals surface area contributed by atoms with Crippen LogP contribution in [-0.4, -0.2) is 82.9 Å². The van der Waals surface area contributed by atoms with Gasteiger partial charge in [-0.2, -0.15) is 34.4 Å². The third kappa shape index (κ3) is 11.7. The molecule has 0 fully saturated rings. The lowest BCUT2D eigenvalue weighted by Crippen LogP contribution is -2.46. The van der Waals surface area contributed by atoms with Crippen LogP contribution in [0.3, 0.4) is 0 Å². The van der Waals surface area contributed by atoms with Crippen LogP contribution in [0.5, 0.6) is 0 Å². The maximum Gasteiger partial charge on any atom is 0.331 e. The van der Waals surface area contributed by atoms with E-state index >= 15 is 0 Å². The van der Waals surface area contributed by atoms with Gasteiger partial charge < -0.3 is 5.32 Å². The number of amides is 1.